The molecule has 1 aromatic rings. The van der Waals surface area contributed by atoms with Crippen molar-refractivity contribution < 1.29 is 28.6 Å². The van der Waals surface area contributed by atoms with E-state index in [2.05, 4.69) is 15.3 Å². The van der Waals surface area contributed by atoms with E-state index >= 15 is 0 Å². The summed E-state index contributed by atoms with van der Waals surface area (Å²) >= 11 is 0. The van der Waals surface area contributed by atoms with Crippen molar-refractivity contribution in [1.82, 2.24) is 10.3 Å². The normalized spacial score (nSPS) is 11.9. The van der Waals surface area contributed by atoms with Crippen molar-refractivity contribution in [3.63, 3.8) is 0 Å². The van der Waals surface area contributed by atoms with Gasteiger partial charge >= 0.3 is 12.1 Å². The number of carbonyl (C=O) groups is 2. The zero-order valence-electron chi connectivity index (χ0n) is 13.6. The molecule has 1 aromatic heterocycles. The van der Waals surface area contributed by atoms with Gasteiger partial charge in [-0.1, -0.05) is 0 Å². The van der Waals surface area contributed by atoms with Gasteiger partial charge in [-0.05, 0) is 20.8 Å². The topological polar surface area (TPSA) is 123 Å². The Hall–Kier alpha value is -2.58. The second-order valence-electron chi connectivity index (χ2n) is 5.50. The van der Waals surface area contributed by atoms with Crippen molar-refractivity contribution in [2.45, 2.75) is 39.3 Å². The minimum atomic E-state index is -0.970. The summed E-state index contributed by atoms with van der Waals surface area (Å²) in [4.78, 5) is 30.0. The molecule has 0 aliphatic heterocycles. The molecular weight excluding hydrogens is 306 g/mol. The van der Waals surface area contributed by atoms with Gasteiger partial charge in [-0.25, -0.2) is 9.78 Å². The van der Waals surface area contributed by atoms with Crippen molar-refractivity contribution >= 4 is 18.0 Å². The van der Waals surface area contributed by atoms with Gasteiger partial charge in [0.15, 0.2) is 5.69 Å². The molecule has 1 amide bonds. The van der Waals surface area contributed by atoms with Gasteiger partial charge in [0.05, 0.1) is 13.0 Å². The number of carbonyl (C=O) groups excluding carboxylic acids is 1. The second-order valence-corrected chi connectivity index (χ2v) is 5.50. The second kappa shape index (κ2) is 8.16. The Morgan fingerprint density at radius 3 is 2.70 bits per heavy atom. The number of ether oxygens (including phenoxy) is 2. The first kappa shape index (κ1) is 18.5. The fourth-order valence-corrected chi connectivity index (χ4v) is 1.44. The van der Waals surface area contributed by atoms with Crippen LogP contribution in [-0.2, 0) is 20.8 Å². The smallest absolute Gasteiger partial charge is 0.408 e. The van der Waals surface area contributed by atoms with E-state index in [1.54, 1.807) is 20.8 Å². The Bertz CT molecular complexity index is 573. The van der Waals surface area contributed by atoms with Crippen LogP contribution in [0.4, 0.5) is 4.79 Å². The maximum Gasteiger partial charge on any atom is 0.408 e. The van der Waals surface area contributed by atoms with Crippen LogP contribution in [0.1, 0.15) is 38.8 Å². The summed E-state index contributed by atoms with van der Waals surface area (Å²) in [6.07, 6.45) is 0.582. The molecule has 0 unspecified atom stereocenters. The molecule has 0 saturated heterocycles. The van der Waals surface area contributed by atoms with Gasteiger partial charge in [0.1, 0.15) is 18.5 Å². The highest BCUT2D eigenvalue weighted by Crippen LogP contribution is 2.08. The van der Waals surface area contributed by atoms with E-state index in [4.69, 9.17) is 19.0 Å². The number of aliphatic imine (C=N–C) groups is 1. The van der Waals surface area contributed by atoms with Crippen molar-refractivity contribution in [2.24, 2.45) is 4.99 Å². The molecule has 0 bridgehead atoms. The number of hydrogen-bond acceptors (Lipinski definition) is 7. The van der Waals surface area contributed by atoms with Crippen LogP contribution in [0.5, 0.6) is 0 Å². The predicted octanol–water partition coefficient (Wildman–Crippen LogP) is 1.57. The third kappa shape index (κ3) is 7.30. The van der Waals surface area contributed by atoms with Gasteiger partial charge in [-0.15, -0.1) is 0 Å². The molecule has 2 N–H and O–H groups in total. The number of alkyl carbamates (subject to hydrolysis) is 1. The Balaban J connectivity index is 2.53. The summed E-state index contributed by atoms with van der Waals surface area (Å²) in [6.45, 7) is 5.29. The summed E-state index contributed by atoms with van der Waals surface area (Å²) in [5, 5.41) is 11.1. The lowest BCUT2D eigenvalue weighted by molar-refractivity contribution is -0.137. The van der Waals surface area contributed by atoms with Crippen LogP contribution >= 0.6 is 0 Å². The standard InChI is InChI=1S/C14H21N3O6/c1-14(2,3)23-13(20)16-7-10-17-9(8-22-10)12(15-4)21-6-5-11(18)19/h8H,5-7H2,1-4H3,(H,16,20)(H,18,19). The maximum atomic E-state index is 11.5. The Morgan fingerprint density at radius 2 is 2.13 bits per heavy atom. The van der Waals surface area contributed by atoms with Crippen LogP contribution < -0.4 is 5.32 Å². The molecule has 1 heterocycles. The van der Waals surface area contributed by atoms with Crippen molar-refractivity contribution in [2.75, 3.05) is 13.7 Å². The molecule has 0 aliphatic rings. The zero-order chi connectivity index (χ0) is 17.5. The van der Waals surface area contributed by atoms with E-state index in [-0.39, 0.29) is 31.4 Å². The first-order valence-corrected chi connectivity index (χ1v) is 6.94. The van der Waals surface area contributed by atoms with Crippen LogP contribution in [0.3, 0.4) is 0 Å². The summed E-state index contributed by atoms with van der Waals surface area (Å²) in [5.74, 6) is -0.560. The lowest BCUT2D eigenvalue weighted by Crippen LogP contribution is -2.32. The summed E-state index contributed by atoms with van der Waals surface area (Å²) < 4.78 is 15.5. The van der Waals surface area contributed by atoms with E-state index in [0.717, 1.165) is 0 Å². The molecule has 0 aromatic carbocycles. The molecule has 23 heavy (non-hydrogen) atoms. The monoisotopic (exact) mass is 327 g/mol. The molecule has 0 radical (unpaired) electrons. The molecular formula is C14H21N3O6. The van der Waals surface area contributed by atoms with E-state index in [9.17, 15) is 9.59 Å². The van der Waals surface area contributed by atoms with E-state index in [0.29, 0.717) is 5.69 Å². The van der Waals surface area contributed by atoms with E-state index in [1.165, 1.54) is 13.3 Å². The molecule has 0 aliphatic carbocycles. The Morgan fingerprint density at radius 1 is 1.43 bits per heavy atom. The third-order valence-corrected chi connectivity index (χ3v) is 2.31. The summed E-state index contributed by atoms with van der Waals surface area (Å²) in [7, 11) is 1.49. The minimum absolute atomic E-state index is 0.0274. The van der Waals surface area contributed by atoms with Gasteiger partial charge in [-0.2, -0.15) is 0 Å². The number of aromatic nitrogens is 1. The number of nitrogens with zero attached hydrogens (tertiary/aromatic N) is 2. The minimum Gasteiger partial charge on any atom is -0.481 e. The average Bonchev–Trinajstić information content (AvgIpc) is 2.88. The molecule has 9 heteroatoms. The Kier molecular flexibility index (Phi) is 6.55. The first-order chi connectivity index (χ1) is 10.7. The number of hydrogen-bond donors (Lipinski definition) is 2. The van der Waals surface area contributed by atoms with Crippen LogP contribution in [0.15, 0.2) is 15.7 Å². The third-order valence-electron chi connectivity index (χ3n) is 2.31. The van der Waals surface area contributed by atoms with Crippen molar-refractivity contribution in [1.29, 1.82) is 0 Å². The van der Waals surface area contributed by atoms with Crippen LogP contribution in [0.2, 0.25) is 0 Å². The quantitative estimate of drug-likeness (QED) is 0.600. The largest absolute Gasteiger partial charge is 0.481 e. The van der Waals surface area contributed by atoms with Crippen LogP contribution in [-0.4, -0.2) is 47.3 Å². The lowest BCUT2D eigenvalue weighted by atomic mass is 10.2. The molecule has 1 rings (SSSR count). The SMILES string of the molecule is CN=C(OCCC(=O)O)c1coc(CNC(=O)OC(C)(C)C)n1. The van der Waals surface area contributed by atoms with Gasteiger partial charge in [0, 0.05) is 7.05 Å². The fraction of sp³-hybridized carbons (Fsp3) is 0.571. The van der Waals surface area contributed by atoms with Crippen LogP contribution in [0, 0.1) is 0 Å². The number of carboxylic acid groups (broad SMARTS) is 1. The number of nitrogens with one attached hydrogen (secondary N) is 1. The Labute approximate surface area is 133 Å². The number of rotatable bonds is 6. The highest BCUT2D eigenvalue weighted by molar-refractivity contribution is 5.91. The summed E-state index contributed by atoms with van der Waals surface area (Å²) in [6, 6.07) is 0. The number of carboxylic acids is 1. The molecule has 128 valence electrons. The lowest BCUT2D eigenvalue weighted by Gasteiger charge is -2.19. The molecule has 9 nitrogen and oxygen atoms in total. The average molecular weight is 327 g/mol. The molecule has 0 fully saturated rings. The van der Waals surface area contributed by atoms with Gasteiger partial charge < -0.3 is 24.3 Å². The highest BCUT2D eigenvalue weighted by atomic mass is 16.6. The molecule has 0 spiro atoms. The predicted molar refractivity (Wildman–Crippen MR) is 80.2 cm³/mol. The summed E-state index contributed by atoms with van der Waals surface area (Å²) in [5.41, 5.74) is -0.273. The van der Waals surface area contributed by atoms with E-state index < -0.39 is 17.7 Å². The highest BCUT2D eigenvalue weighted by Gasteiger charge is 2.17. The van der Waals surface area contributed by atoms with Crippen molar-refractivity contribution in [3.8, 4) is 0 Å². The number of oxazole rings is 1. The molecule has 0 atom stereocenters. The zero-order valence-corrected chi connectivity index (χ0v) is 13.6. The first-order valence-electron chi connectivity index (χ1n) is 6.94. The number of aliphatic carboxylic acids is 1. The molecule has 0 saturated carbocycles. The van der Waals surface area contributed by atoms with Gasteiger partial charge in [0.2, 0.25) is 11.8 Å². The van der Waals surface area contributed by atoms with Gasteiger partial charge in [-0.3, -0.25) is 9.79 Å². The fourth-order valence-electron chi connectivity index (χ4n) is 1.44. The van der Waals surface area contributed by atoms with Crippen LogP contribution in [0.25, 0.3) is 0 Å². The van der Waals surface area contributed by atoms with Gasteiger partial charge in [0.25, 0.3) is 0 Å². The van der Waals surface area contributed by atoms with Crippen molar-refractivity contribution in [3.05, 3.63) is 17.8 Å². The van der Waals surface area contributed by atoms with E-state index in [1.807, 2.05) is 0 Å². The maximum absolute atomic E-state index is 11.5. The number of amides is 1.